The van der Waals surface area contributed by atoms with Crippen LogP contribution in [0.4, 0.5) is 21.9 Å². The standard InChI is InChI=1S/C30H34N4O4/c31-26-3-1-2-4-27(26)34-29(35)23-9-11-24(12-10-23)33-30(36)38-19-21-5-7-22(8-6-21)25-17-28(25)32-18-20-13-15-37-16-14-20/h1-12,20,25,28,32H,13-19,31H2,(H,33,36)(H,34,35)/t25?,28-/m0/s1. The van der Waals surface area contributed by atoms with E-state index in [1.54, 1.807) is 48.5 Å². The second kappa shape index (κ2) is 12.1. The number of rotatable bonds is 9. The van der Waals surface area contributed by atoms with Gasteiger partial charge in [-0.25, -0.2) is 4.79 Å². The summed E-state index contributed by atoms with van der Waals surface area (Å²) >= 11 is 0. The Morgan fingerprint density at radius 1 is 0.921 bits per heavy atom. The smallest absolute Gasteiger partial charge is 0.411 e. The first-order chi connectivity index (χ1) is 18.5. The Hall–Kier alpha value is -3.88. The molecule has 0 aromatic heterocycles. The molecule has 1 aliphatic carbocycles. The van der Waals surface area contributed by atoms with Crippen LogP contribution < -0.4 is 21.7 Å². The molecule has 2 fully saturated rings. The molecule has 1 unspecified atom stereocenters. The quantitative estimate of drug-likeness (QED) is 0.294. The molecule has 0 spiro atoms. The lowest BCUT2D eigenvalue weighted by molar-refractivity contribution is 0.0662. The number of carbonyl (C=O) groups excluding carboxylic acids is 2. The van der Waals surface area contributed by atoms with Gasteiger partial charge in [-0.05, 0) is 79.3 Å². The Balaban J connectivity index is 1.03. The zero-order chi connectivity index (χ0) is 26.3. The van der Waals surface area contributed by atoms with Gasteiger partial charge in [0.2, 0.25) is 0 Å². The molecule has 2 amide bonds. The Morgan fingerprint density at radius 3 is 2.39 bits per heavy atom. The summed E-state index contributed by atoms with van der Waals surface area (Å²) in [7, 11) is 0. The van der Waals surface area contributed by atoms with E-state index in [0.29, 0.717) is 34.6 Å². The van der Waals surface area contributed by atoms with Crippen molar-refractivity contribution in [1.29, 1.82) is 0 Å². The van der Waals surface area contributed by atoms with Gasteiger partial charge in [-0.1, -0.05) is 36.4 Å². The summed E-state index contributed by atoms with van der Waals surface area (Å²) in [6.45, 7) is 3.03. The van der Waals surface area contributed by atoms with Gasteiger partial charge >= 0.3 is 6.09 Å². The van der Waals surface area contributed by atoms with Crippen molar-refractivity contribution in [2.75, 3.05) is 36.1 Å². The van der Waals surface area contributed by atoms with Crippen molar-refractivity contribution in [2.24, 2.45) is 5.92 Å². The second-order valence-corrected chi connectivity index (χ2v) is 9.97. The third kappa shape index (κ3) is 6.90. The van der Waals surface area contributed by atoms with Crippen molar-refractivity contribution in [1.82, 2.24) is 5.32 Å². The van der Waals surface area contributed by atoms with E-state index in [2.05, 4.69) is 28.1 Å². The molecule has 38 heavy (non-hydrogen) atoms. The molecular weight excluding hydrogens is 480 g/mol. The minimum Gasteiger partial charge on any atom is -0.444 e. The summed E-state index contributed by atoms with van der Waals surface area (Å²) in [6, 6.07) is 22.5. The first-order valence-corrected chi connectivity index (χ1v) is 13.1. The van der Waals surface area contributed by atoms with E-state index < -0.39 is 6.09 Å². The molecule has 0 bridgehead atoms. The lowest BCUT2D eigenvalue weighted by Crippen LogP contribution is -2.29. The number of benzene rings is 3. The Bertz CT molecular complexity index is 1240. The molecule has 0 radical (unpaired) electrons. The van der Waals surface area contributed by atoms with E-state index in [0.717, 1.165) is 44.1 Å². The van der Waals surface area contributed by atoms with Crippen LogP contribution in [0.3, 0.4) is 0 Å². The van der Waals surface area contributed by atoms with Gasteiger partial charge in [0.05, 0.1) is 11.4 Å². The fourth-order valence-electron chi connectivity index (χ4n) is 4.73. The fourth-order valence-corrected chi connectivity index (χ4v) is 4.73. The number of para-hydroxylation sites is 2. The molecule has 1 heterocycles. The summed E-state index contributed by atoms with van der Waals surface area (Å²) < 4.78 is 10.8. The monoisotopic (exact) mass is 514 g/mol. The number of nitrogens with two attached hydrogens (primary N) is 1. The molecule has 1 saturated heterocycles. The highest BCUT2D eigenvalue weighted by molar-refractivity contribution is 6.06. The van der Waals surface area contributed by atoms with E-state index in [9.17, 15) is 9.59 Å². The maximum atomic E-state index is 12.5. The number of hydrogen-bond donors (Lipinski definition) is 4. The molecule has 3 aromatic carbocycles. The highest BCUT2D eigenvalue weighted by Crippen LogP contribution is 2.41. The maximum Gasteiger partial charge on any atom is 0.411 e. The van der Waals surface area contributed by atoms with E-state index >= 15 is 0 Å². The molecular formula is C30H34N4O4. The number of anilines is 3. The second-order valence-electron chi connectivity index (χ2n) is 9.97. The number of hydrogen-bond acceptors (Lipinski definition) is 6. The van der Waals surface area contributed by atoms with Crippen LogP contribution in [0.2, 0.25) is 0 Å². The van der Waals surface area contributed by atoms with Crippen molar-refractivity contribution in [3.8, 4) is 0 Å². The molecule has 3 aromatic rings. The SMILES string of the molecule is Nc1ccccc1NC(=O)c1ccc(NC(=O)OCc2ccc(C3C[C@@H]3NCC3CCOCC3)cc2)cc1. The third-order valence-electron chi connectivity index (χ3n) is 7.18. The van der Waals surface area contributed by atoms with Gasteiger partial charge in [-0.3, -0.25) is 10.1 Å². The molecule has 198 valence electrons. The maximum absolute atomic E-state index is 12.5. The van der Waals surface area contributed by atoms with Crippen LogP contribution in [0.15, 0.2) is 72.8 Å². The van der Waals surface area contributed by atoms with Crippen molar-refractivity contribution < 1.29 is 19.1 Å². The predicted octanol–water partition coefficient (Wildman–Crippen LogP) is 5.14. The minimum atomic E-state index is -0.553. The Kier molecular flexibility index (Phi) is 8.21. The third-order valence-corrected chi connectivity index (χ3v) is 7.18. The van der Waals surface area contributed by atoms with E-state index in [1.165, 1.54) is 12.0 Å². The van der Waals surface area contributed by atoms with Crippen LogP contribution in [0.1, 0.15) is 46.7 Å². The average Bonchev–Trinajstić information content (AvgIpc) is 3.73. The molecule has 8 heteroatoms. The number of ether oxygens (including phenoxy) is 2. The zero-order valence-corrected chi connectivity index (χ0v) is 21.3. The van der Waals surface area contributed by atoms with Gasteiger partial charge in [0, 0.05) is 36.4 Å². The minimum absolute atomic E-state index is 0.182. The number of amides is 2. The topological polar surface area (TPSA) is 115 Å². The van der Waals surface area contributed by atoms with Crippen LogP contribution >= 0.6 is 0 Å². The summed E-state index contributed by atoms with van der Waals surface area (Å²) in [5.41, 5.74) is 10.2. The molecule has 5 N–H and O–H groups in total. The van der Waals surface area contributed by atoms with Crippen molar-refractivity contribution >= 4 is 29.1 Å². The van der Waals surface area contributed by atoms with Crippen molar-refractivity contribution in [3.63, 3.8) is 0 Å². The Morgan fingerprint density at radius 2 is 1.66 bits per heavy atom. The first-order valence-electron chi connectivity index (χ1n) is 13.1. The van der Waals surface area contributed by atoms with Gasteiger partial charge in [-0.2, -0.15) is 0 Å². The number of nitrogens with one attached hydrogen (secondary N) is 3. The number of nitrogen functional groups attached to an aromatic ring is 1. The van der Waals surface area contributed by atoms with Crippen LogP contribution in [0, 0.1) is 5.92 Å². The molecule has 2 atom stereocenters. The van der Waals surface area contributed by atoms with Crippen LogP contribution in [0.25, 0.3) is 0 Å². The largest absolute Gasteiger partial charge is 0.444 e. The zero-order valence-electron chi connectivity index (χ0n) is 21.3. The van der Waals surface area contributed by atoms with Gasteiger partial charge in [-0.15, -0.1) is 0 Å². The normalized spacial score (nSPS) is 18.9. The Labute approximate surface area is 222 Å². The molecule has 8 nitrogen and oxygen atoms in total. The van der Waals surface area contributed by atoms with Gasteiger partial charge in [0.25, 0.3) is 5.91 Å². The first kappa shape index (κ1) is 25.8. The van der Waals surface area contributed by atoms with Crippen molar-refractivity contribution in [3.05, 3.63) is 89.5 Å². The lowest BCUT2D eigenvalue weighted by atomic mass is 10.0. The van der Waals surface area contributed by atoms with Crippen LogP contribution in [0.5, 0.6) is 0 Å². The fraction of sp³-hybridized carbons (Fsp3) is 0.333. The molecule has 5 rings (SSSR count). The molecule has 1 saturated carbocycles. The van der Waals surface area contributed by atoms with Gasteiger partial charge in [0.15, 0.2) is 0 Å². The van der Waals surface area contributed by atoms with Gasteiger partial charge < -0.3 is 25.8 Å². The molecule has 1 aliphatic heterocycles. The summed E-state index contributed by atoms with van der Waals surface area (Å²) in [5, 5.41) is 9.19. The van der Waals surface area contributed by atoms with E-state index in [-0.39, 0.29) is 12.5 Å². The summed E-state index contributed by atoms with van der Waals surface area (Å²) in [6.07, 6.45) is 2.92. The van der Waals surface area contributed by atoms with E-state index in [4.69, 9.17) is 15.2 Å². The van der Waals surface area contributed by atoms with E-state index in [1.807, 2.05) is 12.1 Å². The van der Waals surface area contributed by atoms with Crippen molar-refractivity contribution in [2.45, 2.75) is 37.8 Å². The molecule has 2 aliphatic rings. The summed E-state index contributed by atoms with van der Waals surface area (Å²) in [4.78, 5) is 24.7. The van der Waals surface area contributed by atoms with Crippen LogP contribution in [-0.4, -0.2) is 37.8 Å². The lowest BCUT2D eigenvalue weighted by Gasteiger charge is -2.22. The van der Waals surface area contributed by atoms with Crippen LogP contribution in [-0.2, 0) is 16.1 Å². The highest BCUT2D eigenvalue weighted by atomic mass is 16.5. The predicted molar refractivity (Wildman–Crippen MR) is 148 cm³/mol. The average molecular weight is 515 g/mol. The highest BCUT2D eigenvalue weighted by Gasteiger charge is 2.38. The number of carbonyl (C=O) groups is 2. The van der Waals surface area contributed by atoms with Gasteiger partial charge in [0.1, 0.15) is 6.61 Å². The summed E-state index contributed by atoms with van der Waals surface area (Å²) in [5.74, 6) is 1.00.